The number of amides is 1. The highest BCUT2D eigenvalue weighted by Gasteiger charge is 2.09. The van der Waals surface area contributed by atoms with Crippen LogP contribution in [0.25, 0.3) is 0 Å². The summed E-state index contributed by atoms with van der Waals surface area (Å²) in [6.07, 6.45) is 0. The average Bonchev–Trinajstić information content (AvgIpc) is 2.46. The van der Waals surface area contributed by atoms with Gasteiger partial charge in [-0.15, -0.1) is 0 Å². The molecule has 3 nitrogen and oxygen atoms in total. The lowest BCUT2D eigenvalue weighted by Crippen LogP contribution is -2.23. The maximum absolute atomic E-state index is 13.4. The van der Waals surface area contributed by atoms with Crippen molar-refractivity contribution < 1.29 is 14.3 Å². The van der Waals surface area contributed by atoms with Crippen LogP contribution >= 0.6 is 0 Å². The summed E-state index contributed by atoms with van der Waals surface area (Å²) in [7, 11) is 0. The van der Waals surface area contributed by atoms with Crippen LogP contribution in [0.2, 0.25) is 0 Å². The maximum atomic E-state index is 13.4. The van der Waals surface area contributed by atoms with Crippen LogP contribution < -0.4 is 5.32 Å². The standard InChI is InChI=1S/C15H14FNO2/c16-14-4-2-1-3-13(14)15(19)17-9-11-5-7-12(10-18)8-6-11/h1-8,18H,9-10H2,(H,17,19). The van der Waals surface area contributed by atoms with Gasteiger partial charge in [0.2, 0.25) is 0 Å². The topological polar surface area (TPSA) is 49.3 Å². The molecule has 0 aliphatic rings. The summed E-state index contributed by atoms with van der Waals surface area (Å²) in [5, 5.41) is 11.6. The van der Waals surface area contributed by atoms with Gasteiger partial charge in [0.15, 0.2) is 0 Å². The Morgan fingerprint density at radius 3 is 2.32 bits per heavy atom. The molecular formula is C15H14FNO2. The van der Waals surface area contributed by atoms with E-state index in [4.69, 9.17) is 5.11 Å². The van der Waals surface area contributed by atoms with Gasteiger partial charge in [-0.2, -0.15) is 0 Å². The number of hydrogen-bond acceptors (Lipinski definition) is 2. The van der Waals surface area contributed by atoms with E-state index in [9.17, 15) is 9.18 Å². The predicted molar refractivity (Wildman–Crippen MR) is 69.9 cm³/mol. The van der Waals surface area contributed by atoms with Crippen LogP contribution in [0.15, 0.2) is 48.5 Å². The molecule has 0 bridgehead atoms. The summed E-state index contributed by atoms with van der Waals surface area (Å²) < 4.78 is 13.4. The van der Waals surface area contributed by atoms with E-state index in [1.165, 1.54) is 12.1 Å². The smallest absolute Gasteiger partial charge is 0.254 e. The summed E-state index contributed by atoms with van der Waals surface area (Å²) in [4.78, 5) is 11.8. The van der Waals surface area contributed by atoms with Crippen LogP contribution in [-0.2, 0) is 13.2 Å². The minimum absolute atomic E-state index is 0.0120. The van der Waals surface area contributed by atoms with E-state index in [1.54, 1.807) is 24.3 Å². The fourth-order valence-electron chi connectivity index (χ4n) is 1.69. The normalized spacial score (nSPS) is 10.2. The molecule has 1 amide bonds. The fraction of sp³-hybridized carbons (Fsp3) is 0.133. The first-order chi connectivity index (χ1) is 9.20. The molecule has 0 saturated carbocycles. The van der Waals surface area contributed by atoms with Crippen molar-refractivity contribution in [2.24, 2.45) is 0 Å². The van der Waals surface area contributed by atoms with Gasteiger partial charge in [0.05, 0.1) is 12.2 Å². The number of hydrogen-bond donors (Lipinski definition) is 2. The molecule has 98 valence electrons. The molecule has 0 heterocycles. The second-order valence-electron chi connectivity index (χ2n) is 4.14. The summed E-state index contributed by atoms with van der Waals surface area (Å²) in [6, 6.07) is 13.0. The van der Waals surface area contributed by atoms with Gasteiger partial charge in [-0.05, 0) is 23.3 Å². The van der Waals surface area contributed by atoms with Crippen LogP contribution in [0.4, 0.5) is 4.39 Å². The molecule has 0 aliphatic carbocycles. The Hall–Kier alpha value is -2.20. The molecule has 0 radical (unpaired) electrons. The van der Waals surface area contributed by atoms with E-state index in [2.05, 4.69) is 5.32 Å². The Labute approximate surface area is 110 Å². The molecule has 0 saturated heterocycles. The van der Waals surface area contributed by atoms with Crippen molar-refractivity contribution in [3.05, 3.63) is 71.0 Å². The monoisotopic (exact) mass is 259 g/mol. The third kappa shape index (κ3) is 3.39. The van der Waals surface area contributed by atoms with E-state index in [1.807, 2.05) is 12.1 Å². The van der Waals surface area contributed by atoms with Gasteiger partial charge in [0, 0.05) is 6.54 Å². The van der Waals surface area contributed by atoms with Crippen molar-refractivity contribution in [2.75, 3.05) is 0 Å². The number of benzene rings is 2. The van der Waals surface area contributed by atoms with Crippen molar-refractivity contribution in [1.82, 2.24) is 5.32 Å². The molecule has 4 heteroatoms. The van der Waals surface area contributed by atoms with Gasteiger partial charge in [0.25, 0.3) is 5.91 Å². The minimum Gasteiger partial charge on any atom is -0.392 e. The van der Waals surface area contributed by atoms with E-state index in [0.29, 0.717) is 6.54 Å². The van der Waals surface area contributed by atoms with Crippen molar-refractivity contribution in [2.45, 2.75) is 13.2 Å². The van der Waals surface area contributed by atoms with E-state index < -0.39 is 11.7 Å². The SMILES string of the molecule is O=C(NCc1ccc(CO)cc1)c1ccccc1F. The zero-order valence-corrected chi connectivity index (χ0v) is 10.3. The molecular weight excluding hydrogens is 245 g/mol. The first-order valence-electron chi connectivity index (χ1n) is 5.92. The Balaban J connectivity index is 1.98. The van der Waals surface area contributed by atoms with Crippen LogP contribution in [-0.4, -0.2) is 11.0 Å². The Bertz CT molecular complexity index is 567. The minimum atomic E-state index is -0.532. The van der Waals surface area contributed by atoms with Crippen molar-refractivity contribution in [3.8, 4) is 0 Å². The largest absolute Gasteiger partial charge is 0.392 e. The second-order valence-corrected chi connectivity index (χ2v) is 4.14. The van der Waals surface area contributed by atoms with E-state index >= 15 is 0 Å². The molecule has 2 aromatic carbocycles. The summed E-state index contributed by atoms with van der Waals surface area (Å²) >= 11 is 0. The summed E-state index contributed by atoms with van der Waals surface area (Å²) in [6.45, 7) is 0.306. The Morgan fingerprint density at radius 1 is 1.05 bits per heavy atom. The molecule has 0 aliphatic heterocycles. The van der Waals surface area contributed by atoms with Crippen LogP contribution in [0.3, 0.4) is 0 Å². The summed E-state index contributed by atoms with van der Waals surface area (Å²) in [5.41, 5.74) is 1.74. The van der Waals surface area contributed by atoms with E-state index in [-0.39, 0.29) is 12.2 Å². The highest BCUT2D eigenvalue weighted by atomic mass is 19.1. The third-order valence-corrected chi connectivity index (χ3v) is 2.78. The Morgan fingerprint density at radius 2 is 1.68 bits per heavy atom. The first-order valence-corrected chi connectivity index (χ1v) is 5.92. The lowest BCUT2D eigenvalue weighted by Gasteiger charge is -2.06. The van der Waals surface area contributed by atoms with Gasteiger partial charge < -0.3 is 10.4 Å². The number of aliphatic hydroxyl groups excluding tert-OH is 1. The highest BCUT2D eigenvalue weighted by molar-refractivity contribution is 5.94. The quantitative estimate of drug-likeness (QED) is 0.884. The molecule has 2 N–H and O–H groups in total. The highest BCUT2D eigenvalue weighted by Crippen LogP contribution is 2.07. The number of halogens is 1. The molecule has 2 rings (SSSR count). The molecule has 0 aromatic heterocycles. The molecule has 19 heavy (non-hydrogen) atoms. The lowest BCUT2D eigenvalue weighted by atomic mass is 10.1. The molecule has 0 atom stereocenters. The number of aliphatic hydroxyl groups is 1. The van der Waals surface area contributed by atoms with Gasteiger partial charge in [-0.25, -0.2) is 4.39 Å². The van der Waals surface area contributed by atoms with Gasteiger partial charge in [-0.1, -0.05) is 36.4 Å². The zero-order chi connectivity index (χ0) is 13.7. The predicted octanol–water partition coefficient (Wildman–Crippen LogP) is 2.25. The zero-order valence-electron chi connectivity index (χ0n) is 10.3. The lowest BCUT2D eigenvalue weighted by molar-refractivity contribution is 0.0947. The number of nitrogens with one attached hydrogen (secondary N) is 1. The molecule has 2 aromatic rings. The number of carbonyl (C=O) groups excluding carboxylic acids is 1. The molecule has 0 fully saturated rings. The molecule has 0 spiro atoms. The maximum Gasteiger partial charge on any atom is 0.254 e. The van der Waals surface area contributed by atoms with Crippen LogP contribution in [0.1, 0.15) is 21.5 Å². The Kier molecular flexibility index (Phi) is 4.26. The number of carbonyl (C=O) groups is 1. The third-order valence-electron chi connectivity index (χ3n) is 2.78. The van der Waals surface area contributed by atoms with Crippen molar-refractivity contribution in [3.63, 3.8) is 0 Å². The first kappa shape index (κ1) is 13.2. The van der Waals surface area contributed by atoms with Crippen LogP contribution in [0, 0.1) is 5.82 Å². The second kappa shape index (κ2) is 6.11. The van der Waals surface area contributed by atoms with Gasteiger partial charge >= 0.3 is 0 Å². The average molecular weight is 259 g/mol. The van der Waals surface area contributed by atoms with Gasteiger partial charge in [-0.3, -0.25) is 4.79 Å². The van der Waals surface area contributed by atoms with Crippen molar-refractivity contribution in [1.29, 1.82) is 0 Å². The van der Waals surface area contributed by atoms with Gasteiger partial charge in [0.1, 0.15) is 5.82 Å². The van der Waals surface area contributed by atoms with Crippen molar-refractivity contribution >= 4 is 5.91 Å². The number of rotatable bonds is 4. The van der Waals surface area contributed by atoms with E-state index in [0.717, 1.165) is 11.1 Å². The van der Waals surface area contributed by atoms with Crippen LogP contribution in [0.5, 0.6) is 0 Å². The summed E-state index contributed by atoms with van der Waals surface area (Å²) in [5.74, 6) is -0.972. The fourth-order valence-corrected chi connectivity index (χ4v) is 1.69. The molecule has 0 unspecified atom stereocenters.